The lowest BCUT2D eigenvalue weighted by atomic mass is 10.4. The van der Waals surface area contributed by atoms with Crippen LogP contribution in [0.25, 0.3) is 5.65 Å². The van der Waals surface area contributed by atoms with Gasteiger partial charge in [-0.05, 0) is 31.0 Å². The van der Waals surface area contributed by atoms with E-state index in [1.54, 1.807) is 7.05 Å². The third kappa shape index (κ3) is 5.15. The summed E-state index contributed by atoms with van der Waals surface area (Å²) in [5, 5.41) is 19.2. The standard InChI is InChI=1S/C16H22N8.HI/c1-13-10-20-23(12-13)8-5-7-18-16(17-2)19-11-15-22-21-14-6-3-4-9-24(14)15;/h3-4,6,9-10,12H,5,7-8,11H2,1-2H3,(H2,17,18,19);1H. The zero-order valence-corrected chi connectivity index (χ0v) is 16.7. The normalized spacial score (nSPS) is 11.4. The summed E-state index contributed by atoms with van der Waals surface area (Å²) in [5.74, 6) is 1.60. The molecule has 3 rings (SSSR count). The molecule has 0 unspecified atom stereocenters. The molecule has 0 amide bonds. The summed E-state index contributed by atoms with van der Waals surface area (Å²) in [4.78, 5) is 4.23. The average Bonchev–Trinajstić information content (AvgIpc) is 3.20. The van der Waals surface area contributed by atoms with Crippen molar-refractivity contribution >= 4 is 35.6 Å². The Morgan fingerprint density at radius 2 is 2.12 bits per heavy atom. The molecule has 2 N–H and O–H groups in total. The van der Waals surface area contributed by atoms with Gasteiger partial charge in [0.25, 0.3) is 0 Å². The van der Waals surface area contributed by atoms with E-state index in [0.717, 1.165) is 36.9 Å². The summed E-state index contributed by atoms with van der Waals surface area (Å²) >= 11 is 0. The van der Waals surface area contributed by atoms with E-state index < -0.39 is 0 Å². The predicted molar refractivity (Wildman–Crippen MR) is 108 cm³/mol. The maximum absolute atomic E-state index is 4.28. The number of pyridine rings is 1. The minimum Gasteiger partial charge on any atom is -0.356 e. The first-order valence-corrected chi connectivity index (χ1v) is 7.98. The molecule has 0 bridgehead atoms. The van der Waals surface area contributed by atoms with Crippen molar-refractivity contribution in [2.24, 2.45) is 4.99 Å². The molecule has 0 aromatic carbocycles. The lowest BCUT2D eigenvalue weighted by molar-refractivity contribution is 0.569. The Morgan fingerprint density at radius 3 is 2.88 bits per heavy atom. The van der Waals surface area contributed by atoms with E-state index in [0.29, 0.717) is 6.54 Å². The molecule has 0 saturated carbocycles. The smallest absolute Gasteiger partial charge is 0.191 e. The molecule has 0 fully saturated rings. The molecule has 0 aliphatic rings. The van der Waals surface area contributed by atoms with E-state index in [4.69, 9.17) is 0 Å². The molecule has 0 aliphatic heterocycles. The molecule has 3 aromatic heterocycles. The Balaban J connectivity index is 0.00000225. The van der Waals surface area contributed by atoms with Gasteiger partial charge < -0.3 is 10.6 Å². The van der Waals surface area contributed by atoms with Gasteiger partial charge in [-0.3, -0.25) is 14.1 Å². The lowest BCUT2D eigenvalue weighted by Crippen LogP contribution is -2.38. The van der Waals surface area contributed by atoms with Gasteiger partial charge in [0, 0.05) is 32.5 Å². The number of nitrogens with one attached hydrogen (secondary N) is 2. The van der Waals surface area contributed by atoms with Crippen LogP contribution in [0.15, 0.2) is 41.8 Å². The molecular weight excluding hydrogens is 431 g/mol. The monoisotopic (exact) mass is 454 g/mol. The zero-order chi connectivity index (χ0) is 16.8. The fraction of sp³-hybridized carbons (Fsp3) is 0.375. The van der Waals surface area contributed by atoms with Gasteiger partial charge in [0.1, 0.15) is 0 Å². The molecule has 0 atom stereocenters. The van der Waals surface area contributed by atoms with Crippen LogP contribution in [-0.4, -0.2) is 43.9 Å². The van der Waals surface area contributed by atoms with Crippen LogP contribution >= 0.6 is 24.0 Å². The first kappa shape index (κ1) is 19.2. The van der Waals surface area contributed by atoms with Crippen molar-refractivity contribution in [1.82, 2.24) is 35.0 Å². The number of aliphatic imine (C=N–C) groups is 1. The first-order valence-electron chi connectivity index (χ1n) is 7.98. The topological polar surface area (TPSA) is 84.4 Å². The van der Waals surface area contributed by atoms with Gasteiger partial charge in [0.2, 0.25) is 0 Å². The number of guanidine groups is 1. The van der Waals surface area contributed by atoms with Crippen LogP contribution in [0.1, 0.15) is 17.8 Å². The van der Waals surface area contributed by atoms with Gasteiger partial charge in [0.05, 0.1) is 12.7 Å². The summed E-state index contributed by atoms with van der Waals surface area (Å²) in [6.45, 7) is 4.30. The van der Waals surface area contributed by atoms with Gasteiger partial charge in [-0.1, -0.05) is 6.07 Å². The van der Waals surface area contributed by atoms with Crippen molar-refractivity contribution in [3.05, 3.63) is 48.2 Å². The third-order valence-electron chi connectivity index (χ3n) is 3.64. The Labute approximate surface area is 163 Å². The molecule has 3 aromatic rings. The number of halogens is 1. The molecule has 134 valence electrons. The number of hydrogen-bond acceptors (Lipinski definition) is 4. The third-order valence-corrected chi connectivity index (χ3v) is 3.64. The number of fused-ring (bicyclic) bond motifs is 1. The van der Waals surface area contributed by atoms with Crippen molar-refractivity contribution in [2.75, 3.05) is 13.6 Å². The molecule has 0 aliphatic carbocycles. The fourth-order valence-electron chi connectivity index (χ4n) is 2.43. The van der Waals surface area contributed by atoms with Crippen LogP contribution in [0.2, 0.25) is 0 Å². The SMILES string of the molecule is CN=C(NCCCn1cc(C)cn1)NCc1nnc2ccccn12.I. The molecule has 0 radical (unpaired) electrons. The van der Waals surface area contributed by atoms with Crippen LogP contribution in [0.5, 0.6) is 0 Å². The van der Waals surface area contributed by atoms with E-state index in [1.807, 2.05) is 52.8 Å². The van der Waals surface area contributed by atoms with E-state index in [-0.39, 0.29) is 24.0 Å². The molecule has 9 heteroatoms. The second-order valence-corrected chi connectivity index (χ2v) is 5.53. The molecule has 3 heterocycles. The minimum atomic E-state index is 0. The Kier molecular flexibility index (Phi) is 7.16. The average molecular weight is 454 g/mol. The maximum atomic E-state index is 4.28. The van der Waals surface area contributed by atoms with Gasteiger partial charge in [-0.15, -0.1) is 34.2 Å². The summed E-state index contributed by atoms with van der Waals surface area (Å²) in [6.07, 6.45) is 6.84. The highest BCUT2D eigenvalue weighted by Gasteiger charge is 2.05. The van der Waals surface area contributed by atoms with Gasteiger partial charge in [-0.2, -0.15) is 5.10 Å². The van der Waals surface area contributed by atoms with Crippen LogP contribution < -0.4 is 10.6 Å². The van der Waals surface area contributed by atoms with Crippen molar-refractivity contribution in [3.63, 3.8) is 0 Å². The van der Waals surface area contributed by atoms with Crippen molar-refractivity contribution in [2.45, 2.75) is 26.4 Å². The largest absolute Gasteiger partial charge is 0.356 e. The highest BCUT2D eigenvalue weighted by molar-refractivity contribution is 14.0. The molecule has 25 heavy (non-hydrogen) atoms. The molecule has 0 saturated heterocycles. The van der Waals surface area contributed by atoms with Crippen LogP contribution in [-0.2, 0) is 13.1 Å². The zero-order valence-electron chi connectivity index (χ0n) is 14.4. The maximum Gasteiger partial charge on any atom is 0.191 e. The molecule has 0 spiro atoms. The Morgan fingerprint density at radius 1 is 1.24 bits per heavy atom. The summed E-state index contributed by atoms with van der Waals surface area (Å²) in [7, 11) is 1.76. The van der Waals surface area contributed by atoms with Crippen molar-refractivity contribution in [3.8, 4) is 0 Å². The summed E-state index contributed by atoms with van der Waals surface area (Å²) in [6, 6.07) is 5.84. The molecular formula is C16H23IN8. The van der Waals surface area contributed by atoms with Crippen LogP contribution in [0, 0.1) is 6.92 Å². The van der Waals surface area contributed by atoms with Crippen molar-refractivity contribution in [1.29, 1.82) is 0 Å². The summed E-state index contributed by atoms with van der Waals surface area (Å²) < 4.78 is 3.91. The fourth-order valence-corrected chi connectivity index (χ4v) is 2.43. The van der Waals surface area contributed by atoms with Crippen molar-refractivity contribution < 1.29 is 0 Å². The number of aryl methyl sites for hydroxylation is 2. The number of rotatable bonds is 6. The highest BCUT2D eigenvalue weighted by atomic mass is 127. The van der Waals surface area contributed by atoms with E-state index in [9.17, 15) is 0 Å². The predicted octanol–water partition coefficient (Wildman–Crippen LogP) is 1.61. The van der Waals surface area contributed by atoms with E-state index in [2.05, 4.69) is 30.9 Å². The van der Waals surface area contributed by atoms with Crippen LogP contribution in [0.4, 0.5) is 0 Å². The summed E-state index contributed by atoms with van der Waals surface area (Å²) in [5.41, 5.74) is 2.02. The highest BCUT2D eigenvalue weighted by Crippen LogP contribution is 2.02. The lowest BCUT2D eigenvalue weighted by Gasteiger charge is -2.11. The number of nitrogens with zero attached hydrogens (tertiary/aromatic N) is 6. The Bertz CT molecular complexity index is 822. The molecule has 8 nitrogen and oxygen atoms in total. The quantitative estimate of drug-likeness (QED) is 0.256. The van der Waals surface area contributed by atoms with Gasteiger partial charge in [0.15, 0.2) is 17.4 Å². The van der Waals surface area contributed by atoms with Crippen LogP contribution in [0.3, 0.4) is 0 Å². The Hall–Kier alpha value is -2.17. The van der Waals surface area contributed by atoms with E-state index in [1.165, 1.54) is 5.56 Å². The second kappa shape index (κ2) is 9.35. The minimum absolute atomic E-state index is 0. The van der Waals surface area contributed by atoms with Gasteiger partial charge in [-0.25, -0.2) is 0 Å². The first-order chi connectivity index (χ1) is 11.8. The number of hydrogen-bond donors (Lipinski definition) is 2. The van der Waals surface area contributed by atoms with Gasteiger partial charge >= 0.3 is 0 Å². The van der Waals surface area contributed by atoms with E-state index >= 15 is 0 Å². The second-order valence-electron chi connectivity index (χ2n) is 5.53. The number of aromatic nitrogens is 5.